The molecule has 1 heterocycles. The van der Waals surface area contributed by atoms with E-state index in [9.17, 15) is 4.79 Å². The largest absolute Gasteiger partial charge is 0.354 e. The van der Waals surface area contributed by atoms with Gasteiger partial charge in [0.15, 0.2) is 0 Å². The van der Waals surface area contributed by atoms with Crippen molar-refractivity contribution in [2.24, 2.45) is 11.1 Å². The van der Waals surface area contributed by atoms with Crippen LogP contribution in [0.1, 0.15) is 26.7 Å². The molecule has 0 aromatic carbocycles. The van der Waals surface area contributed by atoms with Crippen LogP contribution in [0.4, 0.5) is 0 Å². The molecule has 3 N–H and O–H groups in total. The summed E-state index contributed by atoms with van der Waals surface area (Å²) in [5.74, 6) is 0.0974. The zero-order chi connectivity index (χ0) is 11.3. The molecule has 0 aliphatic carbocycles. The van der Waals surface area contributed by atoms with Gasteiger partial charge in [0.05, 0.1) is 6.54 Å². The van der Waals surface area contributed by atoms with Crippen LogP contribution in [0.3, 0.4) is 0 Å². The molecule has 4 nitrogen and oxygen atoms in total. The molecule has 1 fully saturated rings. The van der Waals surface area contributed by atoms with E-state index in [4.69, 9.17) is 5.73 Å². The molecule has 0 saturated carbocycles. The first-order valence-electron chi connectivity index (χ1n) is 5.73. The maximum Gasteiger partial charge on any atom is 0.234 e. The van der Waals surface area contributed by atoms with Gasteiger partial charge in [0.2, 0.25) is 5.91 Å². The SMILES string of the molecule is CC1(C)CCN(CC(=O)NCCN)CC1. The summed E-state index contributed by atoms with van der Waals surface area (Å²) in [5, 5.41) is 2.79. The second kappa shape index (κ2) is 5.47. The average molecular weight is 213 g/mol. The predicted molar refractivity (Wildman–Crippen MR) is 61.5 cm³/mol. The Morgan fingerprint density at radius 2 is 2.00 bits per heavy atom. The highest BCUT2D eigenvalue weighted by Crippen LogP contribution is 2.29. The number of likely N-dealkylation sites (tertiary alicyclic amines) is 1. The van der Waals surface area contributed by atoms with Crippen LogP contribution in [0.2, 0.25) is 0 Å². The van der Waals surface area contributed by atoms with Gasteiger partial charge in [-0.15, -0.1) is 0 Å². The standard InChI is InChI=1S/C11H23N3O/c1-11(2)3-7-14(8-4-11)9-10(15)13-6-5-12/h3-9,12H2,1-2H3,(H,13,15). The summed E-state index contributed by atoms with van der Waals surface area (Å²) in [6.45, 7) is 8.26. The molecule has 0 aromatic heterocycles. The summed E-state index contributed by atoms with van der Waals surface area (Å²) in [6, 6.07) is 0. The summed E-state index contributed by atoms with van der Waals surface area (Å²) in [6.07, 6.45) is 2.36. The monoisotopic (exact) mass is 213 g/mol. The molecule has 88 valence electrons. The molecule has 0 radical (unpaired) electrons. The number of carbonyl (C=O) groups excluding carboxylic acids is 1. The molecule has 4 heteroatoms. The maximum absolute atomic E-state index is 11.4. The number of amides is 1. The number of hydrogen-bond donors (Lipinski definition) is 2. The zero-order valence-corrected chi connectivity index (χ0v) is 9.88. The van der Waals surface area contributed by atoms with E-state index in [-0.39, 0.29) is 5.91 Å². The van der Waals surface area contributed by atoms with Crippen molar-refractivity contribution in [1.29, 1.82) is 0 Å². The maximum atomic E-state index is 11.4. The smallest absolute Gasteiger partial charge is 0.234 e. The van der Waals surface area contributed by atoms with Crippen molar-refractivity contribution in [2.45, 2.75) is 26.7 Å². The van der Waals surface area contributed by atoms with Crippen molar-refractivity contribution in [3.05, 3.63) is 0 Å². The molecule has 1 aliphatic rings. The summed E-state index contributed by atoms with van der Waals surface area (Å²) >= 11 is 0. The van der Waals surface area contributed by atoms with E-state index in [1.54, 1.807) is 0 Å². The Labute approximate surface area is 92.2 Å². The third-order valence-corrected chi connectivity index (χ3v) is 3.04. The Bertz CT molecular complexity index is 206. The van der Waals surface area contributed by atoms with Gasteiger partial charge in [-0.1, -0.05) is 13.8 Å². The highest BCUT2D eigenvalue weighted by atomic mass is 16.2. The number of piperidine rings is 1. The van der Waals surface area contributed by atoms with Crippen LogP contribution in [0.5, 0.6) is 0 Å². The van der Waals surface area contributed by atoms with Crippen molar-refractivity contribution in [2.75, 3.05) is 32.7 Å². The Morgan fingerprint density at radius 3 is 2.53 bits per heavy atom. The zero-order valence-electron chi connectivity index (χ0n) is 9.88. The van der Waals surface area contributed by atoms with Crippen molar-refractivity contribution in [3.63, 3.8) is 0 Å². The first-order chi connectivity index (χ1) is 7.03. The van der Waals surface area contributed by atoms with E-state index in [1.165, 1.54) is 12.8 Å². The normalized spacial score (nSPS) is 21.3. The van der Waals surface area contributed by atoms with Gasteiger partial charge < -0.3 is 11.1 Å². The lowest BCUT2D eigenvalue weighted by molar-refractivity contribution is -0.122. The molecule has 1 amide bonds. The number of hydrogen-bond acceptors (Lipinski definition) is 3. The quantitative estimate of drug-likeness (QED) is 0.700. The van der Waals surface area contributed by atoms with Crippen LogP contribution in [-0.2, 0) is 4.79 Å². The molecule has 15 heavy (non-hydrogen) atoms. The van der Waals surface area contributed by atoms with E-state index in [0.29, 0.717) is 25.0 Å². The first kappa shape index (κ1) is 12.5. The minimum absolute atomic E-state index is 0.0974. The summed E-state index contributed by atoms with van der Waals surface area (Å²) in [7, 11) is 0. The van der Waals surface area contributed by atoms with Crippen molar-refractivity contribution in [1.82, 2.24) is 10.2 Å². The van der Waals surface area contributed by atoms with Crippen LogP contribution >= 0.6 is 0 Å². The van der Waals surface area contributed by atoms with Gasteiger partial charge in [-0.2, -0.15) is 0 Å². The van der Waals surface area contributed by atoms with E-state index >= 15 is 0 Å². The molecule has 0 aromatic rings. The lowest BCUT2D eigenvalue weighted by atomic mass is 9.83. The number of nitrogens with one attached hydrogen (secondary N) is 1. The Balaban J connectivity index is 2.21. The predicted octanol–water partition coefficient (Wildman–Crippen LogP) is 0.183. The van der Waals surface area contributed by atoms with Crippen molar-refractivity contribution < 1.29 is 4.79 Å². The third kappa shape index (κ3) is 4.62. The van der Waals surface area contributed by atoms with Crippen LogP contribution < -0.4 is 11.1 Å². The van der Waals surface area contributed by atoms with Gasteiger partial charge in [-0.25, -0.2) is 0 Å². The van der Waals surface area contributed by atoms with Gasteiger partial charge in [0, 0.05) is 13.1 Å². The molecule has 0 bridgehead atoms. The Kier molecular flexibility index (Phi) is 4.54. The molecule has 1 saturated heterocycles. The van der Waals surface area contributed by atoms with Gasteiger partial charge in [0.1, 0.15) is 0 Å². The summed E-state index contributed by atoms with van der Waals surface area (Å²) < 4.78 is 0. The minimum Gasteiger partial charge on any atom is -0.354 e. The highest BCUT2D eigenvalue weighted by Gasteiger charge is 2.25. The van der Waals surface area contributed by atoms with E-state index in [1.807, 2.05) is 0 Å². The number of rotatable bonds is 4. The first-order valence-corrected chi connectivity index (χ1v) is 5.73. The van der Waals surface area contributed by atoms with E-state index < -0.39 is 0 Å². The van der Waals surface area contributed by atoms with Gasteiger partial charge in [-0.05, 0) is 31.3 Å². The highest BCUT2D eigenvalue weighted by molar-refractivity contribution is 5.77. The van der Waals surface area contributed by atoms with Crippen molar-refractivity contribution >= 4 is 5.91 Å². The number of nitrogens with two attached hydrogens (primary N) is 1. The lowest BCUT2D eigenvalue weighted by Gasteiger charge is -2.36. The third-order valence-electron chi connectivity index (χ3n) is 3.04. The van der Waals surface area contributed by atoms with Gasteiger partial charge in [-0.3, -0.25) is 9.69 Å². The fourth-order valence-corrected chi connectivity index (χ4v) is 1.79. The average Bonchev–Trinajstić information content (AvgIpc) is 2.18. The summed E-state index contributed by atoms with van der Waals surface area (Å²) in [5.41, 5.74) is 5.77. The van der Waals surface area contributed by atoms with E-state index in [2.05, 4.69) is 24.1 Å². The summed E-state index contributed by atoms with van der Waals surface area (Å²) in [4.78, 5) is 13.6. The topological polar surface area (TPSA) is 58.4 Å². The van der Waals surface area contributed by atoms with Crippen LogP contribution in [0, 0.1) is 5.41 Å². The van der Waals surface area contributed by atoms with Gasteiger partial charge >= 0.3 is 0 Å². The fraction of sp³-hybridized carbons (Fsp3) is 0.909. The van der Waals surface area contributed by atoms with Crippen LogP contribution in [-0.4, -0.2) is 43.5 Å². The number of carbonyl (C=O) groups is 1. The van der Waals surface area contributed by atoms with Crippen LogP contribution in [0.15, 0.2) is 0 Å². The fourth-order valence-electron chi connectivity index (χ4n) is 1.79. The molecule has 0 atom stereocenters. The second-order valence-electron chi connectivity index (χ2n) is 5.08. The van der Waals surface area contributed by atoms with E-state index in [0.717, 1.165) is 13.1 Å². The molecule has 0 unspecified atom stereocenters. The Hall–Kier alpha value is -0.610. The minimum atomic E-state index is 0.0974. The molecule has 0 spiro atoms. The lowest BCUT2D eigenvalue weighted by Crippen LogP contribution is -2.44. The molecular weight excluding hydrogens is 190 g/mol. The molecular formula is C11H23N3O. The Morgan fingerprint density at radius 1 is 1.40 bits per heavy atom. The van der Waals surface area contributed by atoms with Crippen molar-refractivity contribution in [3.8, 4) is 0 Å². The van der Waals surface area contributed by atoms with Crippen LogP contribution in [0.25, 0.3) is 0 Å². The molecule has 1 aliphatic heterocycles. The van der Waals surface area contributed by atoms with Gasteiger partial charge in [0.25, 0.3) is 0 Å². The number of nitrogens with zero attached hydrogens (tertiary/aromatic N) is 1. The molecule has 1 rings (SSSR count). The second-order valence-corrected chi connectivity index (χ2v) is 5.08.